The van der Waals surface area contributed by atoms with Crippen LogP contribution in [0.4, 0.5) is 0 Å². The number of rotatable bonds is 10. The summed E-state index contributed by atoms with van der Waals surface area (Å²) in [6.45, 7) is 13.0. The van der Waals surface area contributed by atoms with Gasteiger partial charge in [0.15, 0.2) is 5.76 Å². The molecule has 0 aliphatic heterocycles. The van der Waals surface area contributed by atoms with Gasteiger partial charge in [-0.25, -0.2) is 0 Å². The predicted octanol–water partition coefficient (Wildman–Crippen LogP) is 5.72. The minimum Gasteiger partial charge on any atom is -0.504 e. The normalized spacial score (nSPS) is 22.8. The van der Waals surface area contributed by atoms with Crippen LogP contribution in [0.25, 0.3) is 0 Å². The highest BCUT2D eigenvalue weighted by Crippen LogP contribution is 2.41. The maximum Gasteiger partial charge on any atom is 0.225 e. The van der Waals surface area contributed by atoms with E-state index in [1.807, 2.05) is 19.9 Å². The molecule has 4 nitrogen and oxygen atoms in total. The molecule has 0 unspecified atom stereocenters. The second-order valence-electron chi connectivity index (χ2n) is 8.54. The van der Waals surface area contributed by atoms with Crippen LogP contribution in [-0.2, 0) is 9.59 Å². The Morgan fingerprint density at radius 1 is 1.17 bits per heavy atom. The van der Waals surface area contributed by atoms with Crippen LogP contribution in [0.1, 0.15) is 79.1 Å². The Bertz CT molecular complexity index is 754. The number of hydrogen-bond donors (Lipinski definition) is 2. The zero-order valence-corrected chi connectivity index (χ0v) is 18.6. The molecule has 2 N–H and O–H groups in total. The number of hydrogen-bond acceptors (Lipinski definition) is 4. The first-order chi connectivity index (χ1) is 13.8. The summed E-state index contributed by atoms with van der Waals surface area (Å²) < 4.78 is 0. The first-order valence-corrected chi connectivity index (χ1v) is 11.2. The van der Waals surface area contributed by atoms with Crippen LogP contribution < -0.4 is 5.32 Å². The number of ketones is 2. The van der Waals surface area contributed by atoms with Gasteiger partial charge in [0.2, 0.25) is 11.6 Å². The Morgan fingerprint density at radius 3 is 2.48 bits per heavy atom. The van der Waals surface area contributed by atoms with Crippen LogP contribution >= 0.6 is 0 Å². The molecule has 160 valence electrons. The van der Waals surface area contributed by atoms with Gasteiger partial charge >= 0.3 is 0 Å². The topological polar surface area (TPSA) is 66.4 Å². The van der Waals surface area contributed by atoms with Gasteiger partial charge < -0.3 is 10.4 Å². The van der Waals surface area contributed by atoms with E-state index in [2.05, 4.69) is 25.7 Å². The molecule has 0 saturated carbocycles. The van der Waals surface area contributed by atoms with Crippen molar-refractivity contribution in [1.29, 1.82) is 0 Å². The number of unbranched alkanes of at least 4 members (excludes halogenated alkanes) is 3. The van der Waals surface area contributed by atoms with Gasteiger partial charge in [0.1, 0.15) is 0 Å². The van der Waals surface area contributed by atoms with Crippen LogP contribution in [0.15, 0.2) is 46.4 Å². The minimum atomic E-state index is -0.383. The van der Waals surface area contributed by atoms with Gasteiger partial charge in [-0.2, -0.15) is 0 Å². The molecule has 0 bridgehead atoms. The summed E-state index contributed by atoms with van der Waals surface area (Å²) >= 11 is 0. The summed E-state index contributed by atoms with van der Waals surface area (Å²) in [6.07, 6.45) is 9.19. The molecular weight excluding hydrogens is 362 g/mol. The lowest BCUT2D eigenvalue weighted by Crippen LogP contribution is -2.36. The largest absolute Gasteiger partial charge is 0.504 e. The molecule has 0 aromatic carbocycles. The Morgan fingerprint density at radius 2 is 1.86 bits per heavy atom. The Labute approximate surface area is 175 Å². The highest BCUT2D eigenvalue weighted by atomic mass is 16.3. The Kier molecular flexibility index (Phi) is 8.48. The highest BCUT2D eigenvalue weighted by Gasteiger charge is 2.40. The molecule has 29 heavy (non-hydrogen) atoms. The summed E-state index contributed by atoms with van der Waals surface area (Å²) in [5, 5.41) is 14.1. The van der Waals surface area contributed by atoms with Crippen molar-refractivity contribution in [3.63, 3.8) is 0 Å². The summed E-state index contributed by atoms with van der Waals surface area (Å²) in [6, 6.07) is 0. The second kappa shape index (κ2) is 10.6. The Hall–Kier alpha value is -2.10. The quantitative estimate of drug-likeness (QED) is 0.280. The molecular formula is C25H37NO3. The third kappa shape index (κ3) is 5.29. The number of carbonyl (C=O) groups is 2. The number of allylic oxidation sites excluding steroid dienone is 5. The number of nitrogens with one attached hydrogen (secondary N) is 1. The maximum absolute atomic E-state index is 13.5. The Balaban J connectivity index is 2.46. The van der Waals surface area contributed by atoms with E-state index >= 15 is 0 Å². The molecule has 2 aliphatic rings. The number of Topliss-reactive ketones (excluding diaryl/α,β-unsaturated/α-hetero) is 2. The SMILES string of the molecule is C=C(C)[C@@H]1CCC(C)=C[C@H]1C1=C(O)C(=O)C(CCCCC)=C(NCCCC)C1=O. The fraction of sp³-hybridized carbons (Fsp3) is 0.600. The molecule has 0 fully saturated rings. The van der Waals surface area contributed by atoms with Crippen LogP contribution in [0.3, 0.4) is 0 Å². The zero-order valence-electron chi connectivity index (χ0n) is 18.6. The van der Waals surface area contributed by atoms with Crippen molar-refractivity contribution in [3.8, 4) is 0 Å². The molecule has 0 amide bonds. The fourth-order valence-electron chi connectivity index (χ4n) is 4.34. The number of carbonyl (C=O) groups excluding carboxylic acids is 2. The monoisotopic (exact) mass is 399 g/mol. The average Bonchev–Trinajstić information content (AvgIpc) is 2.68. The smallest absolute Gasteiger partial charge is 0.225 e. The van der Waals surface area contributed by atoms with Gasteiger partial charge in [0.25, 0.3) is 0 Å². The van der Waals surface area contributed by atoms with Gasteiger partial charge in [-0.1, -0.05) is 56.9 Å². The summed E-state index contributed by atoms with van der Waals surface area (Å²) in [5.41, 5.74) is 3.28. The molecule has 0 aromatic heterocycles. The van der Waals surface area contributed by atoms with E-state index in [1.165, 1.54) is 5.57 Å². The molecule has 2 atom stereocenters. The van der Waals surface area contributed by atoms with E-state index < -0.39 is 0 Å². The maximum atomic E-state index is 13.5. The lowest BCUT2D eigenvalue weighted by molar-refractivity contribution is -0.119. The highest BCUT2D eigenvalue weighted by molar-refractivity contribution is 6.24. The standard InChI is InChI=1S/C25H37NO3/c1-6-8-10-11-19-22(26-14-9-7-2)24(28)21(25(29)23(19)27)20-15-17(5)12-13-18(20)16(3)4/h15,18,20,26,29H,3,6-14H2,1-2,4-5H3/t18-,20+/m0/s1. The van der Waals surface area contributed by atoms with Crippen molar-refractivity contribution in [3.05, 3.63) is 46.4 Å². The first kappa shape index (κ1) is 23.2. The molecule has 0 saturated heterocycles. The number of aliphatic hydroxyl groups is 1. The van der Waals surface area contributed by atoms with Crippen molar-refractivity contribution in [2.45, 2.75) is 79.1 Å². The molecule has 2 rings (SSSR count). The van der Waals surface area contributed by atoms with E-state index in [4.69, 9.17) is 0 Å². The van der Waals surface area contributed by atoms with Crippen molar-refractivity contribution in [1.82, 2.24) is 5.32 Å². The van der Waals surface area contributed by atoms with Gasteiger partial charge in [0.05, 0.1) is 11.3 Å². The molecule has 2 aliphatic carbocycles. The zero-order chi connectivity index (χ0) is 21.6. The summed E-state index contributed by atoms with van der Waals surface area (Å²) in [7, 11) is 0. The number of aliphatic hydroxyl groups excluding tert-OH is 1. The third-order valence-corrected chi connectivity index (χ3v) is 6.09. The second-order valence-corrected chi connectivity index (χ2v) is 8.54. The van der Waals surface area contributed by atoms with Crippen LogP contribution in [0.2, 0.25) is 0 Å². The summed E-state index contributed by atoms with van der Waals surface area (Å²) in [4.78, 5) is 26.7. The van der Waals surface area contributed by atoms with Crippen LogP contribution in [0, 0.1) is 11.8 Å². The molecule has 0 radical (unpaired) electrons. The van der Waals surface area contributed by atoms with Gasteiger partial charge in [-0.15, -0.1) is 0 Å². The van der Waals surface area contributed by atoms with Crippen LogP contribution in [0.5, 0.6) is 0 Å². The lowest BCUT2D eigenvalue weighted by Gasteiger charge is -2.34. The predicted molar refractivity (Wildman–Crippen MR) is 119 cm³/mol. The molecule has 0 aromatic rings. The average molecular weight is 400 g/mol. The van der Waals surface area contributed by atoms with E-state index in [9.17, 15) is 14.7 Å². The fourth-order valence-corrected chi connectivity index (χ4v) is 4.34. The van der Waals surface area contributed by atoms with Crippen molar-refractivity contribution in [2.75, 3.05) is 6.54 Å². The lowest BCUT2D eigenvalue weighted by atomic mass is 9.70. The van der Waals surface area contributed by atoms with E-state index in [-0.39, 0.29) is 34.7 Å². The van der Waals surface area contributed by atoms with Gasteiger partial charge in [-0.3, -0.25) is 9.59 Å². The minimum absolute atomic E-state index is 0.0612. The van der Waals surface area contributed by atoms with E-state index in [1.54, 1.807) is 0 Å². The van der Waals surface area contributed by atoms with Crippen molar-refractivity contribution < 1.29 is 14.7 Å². The van der Waals surface area contributed by atoms with E-state index in [0.717, 1.165) is 50.5 Å². The van der Waals surface area contributed by atoms with Gasteiger partial charge in [-0.05, 0) is 51.9 Å². The van der Waals surface area contributed by atoms with Crippen molar-refractivity contribution >= 4 is 11.6 Å². The van der Waals surface area contributed by atoms with Crippen LogP contribution in [-0.4, -0.2) is 23.2 Å². The molecule has 0 spiro atoms. The first-order valence-electron chi connectivity index (χ1n) is 11.2. The molecule has 0 heterocycles. The summed E-state index contributed by atoms with van der Waals surface area (Å²) in [5.74, 6) is -1.19. The van der Waals surface area contributed by atoms with E-state index in [0.29, 0.717) is 24.2 Å². The van der Waals surface area contributed by atoms with Gasteiger partial charge in [0, 0.05) is 18.0 Å². The third-order valence-electron chi connectivity index (χ3n) is 6.09. The molecule has 4 heteroatoms. The van der Waals surface area contributed by atoms with Crippen molar-refractivity contribution in [2.24, 2.45) is 11.8 Å².